The molecule has 2 aromatic carbocycles. The van der Waals surface area contributed by atoms with Crippen LogP contribution in [0.3, 0.4) is 0 Å². The van der Waals surface area contributed by atoms with Crippen molar-refractivity contribution in [1.82, 2.24) is 25.9 Å². The molecule has 0 bridgehead atoms. The molecule has 3 aromatic rings. The van der Waals surface area contributed by atoms with E-state index in [1.165, 1.54) is 6.07 Å². The van der Waals surface area contributed by atoms with Crippen molar-refractivity contribution in [2.24, 2.45) is 0 Å². The number of fused-ring (bicyclic) bond motifs is 1. The van der Waals surface area contributed by atoms with Crippen LogP contribution in [0.25, 0.3) is 11.1 Å². The molecule has 0 aliphatic carbocycles. The topological polar surface area (TPSA) is 102 Å². The molecule has 1 aliphatic heterocycles. The number of carbonyl (C=O) groups excluding carboxylic acids is 2. The van der Waals surface area contributed by atoms with Gasteiger partial charge in [0.1, 0.15) is 11.6 Å². The Hall–Kier alpha value is -3.72. The Bertz CT molecular complexity index is 1180. The van der Waals surface area contributed by atoms with Crippen LogP contribution in [0.1, 0.15) is 49.4 Å². The molecule has 1 aliphatic rings. The van der Waals surface area contributed by atoms with Crippen LogP contribution in [-0.4, -0.2) is 40.2 Å². The van der Waals surface area contributed by atoms with E-state index < -0.39 is 5.92 Å². The van der Waals surface area contributed by atoms with Gasteiger partial charge in [-0.1, -0.05) is 55.8 Å². The number of unbranched alkanes of at least 4 members (excludes halogenated alkanes) is 1. The largest absolute Gasteiger partial charge is 0.337 e. The Kier molecular flexibility index (Phi) is 7.77. The molecule has 184 valence electrons. The van der Waals surface area contributed by atoms with Crippen molar-refractivity contribution in [2.45, 2.75) is 45.6 Å². The number of anilines is 1. The van der Waals surface area contributed by atoms with Crippen LogP contribution in [0.5, 0.6) is 0 Å². The Balaban J connectivity index is 1.40. The van der Waals surface area contributed by atoms with Crippen LogP contribution >= 0.6 is 0 Å². The highest BCUT2D eigenvalue weighted by molar-refractivity contribution is 5.95. The molecule has 1 atom stereocenters. The van der Waals surface area contributed by atoms with E-state index in [-0.39, 0.29) is 17.8 Å². The highest BCUT2D eigenvalue weighted by Crippen LogP contribution is 2.28. The van der Waals surface area contributed by atoms with Crippen molar-refractivity contribution in [2.75, 3.05) is 18.4 Å². The third kappa shape index (κ3) is 5.86. The molecule has 1 unspecified atom stereocenters. The summed E-state index contributed by atoms with van der Waals surface area (Å²) in [5, 5.41) is 14.7. The minimum Gasteiger partial charge on any atom is -0.337 e. The average Bonchev–Trinajstić information content (AvgIpc) is 3.26. The van der Waals surface area contributed by atoms with E-state index in [0.29, 0.717) is 43.0 Å². The second-order valence-electron chi connectivity index (χ2n) is 8.73. The maximum Gasteiger partial charge on any atom is 0.329 e. The summed E-state index contributed by atoms with van der Waals surface area (Å²) in [5.41, 5.74) is 6.40. The van der Waals surface area contributed by atoms with E-state index in [1.54, 1.807) is 24.1 Å². The molecule has 3 amide bonds. The van der Waals surface area contributed by atoms with Crippen LogP contribution in [-0.2, 0) is 17.8 Å². The van der Waals surface area contributed by atoms with Crippen LogP contribution in [0.4, 0.5) is 15.0 Å². The first-order valence-corrected chi connectivity index (χ1v) is 12.0. The number of H-pyrrole nitrogens is 1. The van der Waals surface area contributed by atoms with E-state index >= 15 is 0 Å². The fourth-order valence-corrected chi connectivity index (χ4v) is 4.09. The predicted octanol–water partition coefficient (Wildman–Crippen LogP) is 4.33. The quantitative estimate of drug-likeness (QED) is 0.362. The van der Waals surface area contributed by atoms with Crippen molar-refractivity contribution in [3.05, 3.63) is 71.2 Å². The van der Waals surface area contributed by atoms with E-state index in [9.17, 15) is 14.0 Å². The number of hydrogen-bond donors (Lipinski definition) is 4. The molecule has 2 heterocycles. The van der Waals surface area contributed by atoms with Gasteiger partial charge in [0, 0.05) is 37.2 Å². The number of benzene rings is 2. The Morgan fingerprint density at radius 1 is 1.20 bits per heavy atom. The van der Waals surface area contributed by atoms with Gasteiger partial charge in [0.2, 0.25) is 5.91 Å². The third-order valence-electron chi connectivity index (χ3n) is 6.22. The summed E-state index contributed by atoms with van der Waals surface area (Å²) in [5.74, 6) is -0.719. The van der Waals surface area contributed by atoms with Gasteiger partial charge in [0.25, 0.3) is 0 Å². The fourth-order valence-electron chi connectivity index (χ4n) is 4.09. The van der Waals surface area contributed by atoms with Gasteiger partial charge in [-0.25, -0.2) is 14.2 Å². The molecule has 35 heavy (non-hydrogen) atoms. The highest BCUT2D eigenvalue weighted by atomic mass is 19.1. The predicted molar refractivity (Wildman–Crippen MR) is 133 cm³/mol. The minimum absolute atomic E-state index is 0.245. The molecule has 0 radical (unpaired) electrons. The lowest BCUT2D eigenvalue weighted by molar-refractivity contribution is -0.117. The summed E-state index contributed by atoms with van der Waals surface area (Å²) < 4.78 is 14.8. The minimum atomic E-state index is -0.574. The molecule has 9 heteroatoms. The molecular weight excluding hydrogens is 447 g/mol. The smallest absolute Gasteiger partial charge is 0.329 e. The number of nitrogens with one attached hydrogen (secondary N) is 4. The van der Waals surface area contributed by atoms with Crippen LogP contribution in [0.15, 0.2) is 48.5 Å². The van der Waals surface area contributed by atoms with E-state index in [1.807, 2.05) is 30.3 Å². The standard InChI is InChI=1S/C26H31FN6O2/c1-3-4-13-28-26(35)32-33-14-12-23-21(16-33)24(31-30-23)29-25(34)17(2)19-10-11-20(22(27)15-19)18-8-6-5-7-9-18/h5-11,15,17H,3-4,12-14,16H2,1-2H3,(H2,28,32,35)(H2,29,30,31,34). The summed E-state index contributed by atoms with van der Waals surface area (Å²) in [6.45, 7) is 5.47. The highest BCUT2D eigenvalue weighted by Gasteiger charge is 2.26. The first kappa shape index (κ1) is 24.4. The fraction of sp³-hybridized carbons (Fsp3) is 0.346. The number of nitrogens with zero attached hydrogens (tertiary/aromatic N) is 2. The van der Waals surface area contributed by atoms with Gasteiger partial charge in [-0.2, -0.15) is 5.10 Å². The number of rotatable bonds is 8. The lowest BCUT2D eigenvalue weighted by atomic mass is 9.96. The summed E-state index contributed by atoms with van der Waals surface area (Å²) in [6, 6.07) is 14.0. The maximum atomic E-state index is 14.8. The summed E-state index contributed by atoms with van der Waals surface area (Å²) in [7, 11) is 0. The van der Waals surface area contributed by atoms with Gasteiger partial charge in [-0.3, -0.25) is 15.3 Å². The van der Waals surface area contributed by atoms with E-state index in [0.717, 1.165) is 29.7 Å². The molecular formula is C26H31FN6O2. The number of halogens is 1. The zero-order chi connectivity index (χ0) is 24.8. The molecule has 4 N–H and O–H groups in total. The molecule has 1 aromatic heterocycles. The monoisotopic (exact) mass is 478 g/mol. The van der Waals surface area contributed by atoms with E-state index in [4.69, 9.17) is 0 Å². The molecule has 4 rings (SSSR count). The normalized spacial score (nSPS) is 14.1. The lowest BCUT2D eigenvalue weighted by Crippen LogP contribution is -2.49. The zero-order valence-corrected chi connectivity index (χ0v) is 20.0. The third-order valence-corrected chi connectivity index (χ3v) is 6.22. The SMILES string of the molecule is CCCCNC(=O)NN1CCc2n[nH]c(NC(=O)C(C)c3ccc(-c4ccccc4)c(F)c3)c2C1. The number of hydrazine groups is 1. The van der Waals surface area contributed by atoms with Gasteiger partial charge in [0.05, 0.1) is 11.6 Å². The Morgan fingerprint density at radius 2 is 2.00 bits per heavy atom. The second-order valence-corrected chi connectivity index (χ2v) is 8.73. The van der Waals surface area contributed by atoms with Crippen LogP contribution in [0, 0.1) is 5.82 Å². The number of amides is 3. The van der Waals surface area contributed by atoms with Crippen molar-refractivity contribution < 1.29 is 14.0 Å². The maximum absolute atomic E-state index is 14.8. The van der Waals surface area contributed by atoms with Crippen LogP contribution in [0.2, 0.25) is 0 Å². The van der Waals surface area contributed by atoms with Crippen molar-refractivity contribution in [3.8, 4) is 11.1 Å². The molecule has 0 saturated heterocycles. The summed E-state index contributed by atoms with van der Waals surface area (Å²) >= 11 is 0. The molecule has 8 nitrogen and oxygen atoms in total. The first-order valence-electron chi connectivity index (χ1n) is 12.0. The first-order chi connectivity index (χ1) is 17.0. The number of hydrogen-bond acceptors (Lipinski definition) is 4. The van der Waals surface area contributed by atoms with Crippen molar-refractivity contribution >= 4 is 17.8 Å². The van der Waals surface area contributed by atoms with Gasteiger partial charge < -0.3 is 10.6 Å². The molecule has 0 saturated carbocycles. The average molecular weight is 479 g/mol. The van der Waals surface area contributed by atoms with Crippen molar-refractivity contribution in [1.29, 1.82) is 0 Å². The Labute approximate surface area is 204 Å². The molecule has 0 spiro atoms. The zero-order valence-electron chi connectivity index (χ0n) is 20.0. The van der Waals surface area contributed by atoms with Gasteiger partial charge >= 0.3 is 6.03 Å². The Morgan fingerprint density at radius 3 is 2.74 bits per heavy atom. The summed E-state index contributed by atoms with van der Waals surface area (Å²) in [4.78, 5) is 25.1. The second kappa shape index (κ2) is 11.1. The number of carbonyl (C=O) groups is 2. The lowest BCUT2D eigenvalue weighted by Gasteiger charge is -2.27. The number of urea groups is 1. The van der Waals surface area contributed by atoms with Crippen LogP contribution < -0.4 is 16.1 Å². The molecule has 0 fully saturated rings. The summed E-state index contributed by atoms with van der Waals surface area (Å²) in [6.07, 6.45) is 2.57. The number of aromatic amines is 1. The van der Waals surface area contributed by atoms with Gasteiger partial charge in [-0.15, -0.1) is 0 Å². The van der Waals surface area contributed by atoms with Gasteiger partial charge in [0.15, 0.2) is 0 Å². The number of aromatic nitrogens is 2. The van der Waals surface area contributed by atoms with Gasteiger partial charge in [-0.05, 0) is 30.5 Å². The van der Waals surface area contributed by atoms with Crippen molar-refractivity contribution in [3.63, 3.8) is 0 Å². The van der Waals surface area contributed by atoms with E-state index in [2.05, 4.69) is 33.2 Å².